The summed E-state index contributed by atoms with van der Waals surface area (Å²) in [5, 5.41) is 10.8. The Bertz CT molecular complexity index is 777. The van der Waals surface area contributed by atoms with E-state index in [1.807, 2.05) is 25.0 Å². The van der Waals surface area contributed by atoms with Crippen molar-refractivity contribution in [1.29, 1.82) is 0 Å². The lowest BCUT2D eigenvalue weighted by Crippen LogP contribution is -2.41. The standard InChI is InChI=1S/C18H25F3N2O3SSi/c1-17(2,3)27(26)23-15(7-8-28(4,5)6)12-9-13(18(19,20)21)11-14(10-12)22-16(24)25/h9-11,15,22-23H,1-6H3,(H,24,25)/t15-,27?/m1/s1. The first-order chi connectivity index (χ1) is 12.5. The van der Waals surface area contributed by atoms with Gasteiger partial charge in [0.1, 0.15) is 18.9 Å². The fraction of sp³-hybridized carbons (Fsp3) is 0.500. The first-order valence-corrected chi connectivity index (χ1v) is 13.1. The zero-order valence-corrected chi connectivity index (χ0v) is 18.4. The van der Waals surface area contributed by atoms with Crippen LogP contribution in [0.2, 0.25) is 19.6 Å². The van der Waals surface area contributed by atoms with E-state index in [1.165, 1.54) is 6.07 Å². The van der Waals surface area contributed by atoms with Crippen molar-refractivity contribution in [2.24, 2.45) is 0 Å². The van der Waals surface area contributed by atoms with Gasteiger partial charge in [-0.05, 0) is 44.5 Å². The molecule has 1 unspecified atom stereocenters. The van der Waals surface area contributed by atoms with Gasteiger partial charge in [-0.15, -0.1) is 10.3 Å². The van der Waals surface area contributed by atoms with Crippen molar-refractivity contribution in [1.82, 2.24) is 4.72 Å². The summed E-state index contributed by atoms with van der Waals surface area (Å²) in [5.41, 5.74) is 1.90. The van der Waals surface area contributed by atoms with Crippen LogP contribution in [-0.2, 0) is 17.5 Å². The lowest BCUT2D eigenvalue weighted by atomic mass is 10.0. The van der Waals surface area contributed by atoms with Crippen LogP contribution in [0.25, 0.3) is 0 Å². The molecule has 0 aliphatic rings. The number of carboxylic acid groups (broad SMARTS) is 1. The minimum atomic E-state index is -4.68. The van der Waals surface area contributed by atoms with Crippen molar-refractivity contribution >= 4 is 31.2 Å². The molecule has 1 aromatic rings. The average molecular weight is 435 g/mol. The second-order valence-corrected chi connectivity index (χ2v) is 15.0. The van der Waals surface area contributed by atoms with Crippen LogP contribution >= 0.6 is 0 Å². The van der Waals surface area contributed by atoms with Crippen molar-refractivity contribution < 1.29 is 27.6 Å². The van der Waals surface area contributed by atoms with Gasteiger partial charge in [-0.25, -0.2) is 4.79 Å². The van der Waals surface area contributed by atoms with E-state index >= 15 is 0 Å². The van der Waals surface area contributed by atoms with Crippen LogP contribution in [0.4, 0.5) is 23.7 Å². The number of amides is 1. The zero-order valence-electron chi connectivity index (χ0n) is 16.6. The average Bonchev–Trinajstić information content (AvgIpc) is 2.47. The van der Waals surface area contributed by atoms with E-state index in [0.717, 1.165) is 6.07 Å². The Hall–Kier alpha value is -1.67. The summed E-state index contributed by atoms with van der Waals surface area (Å²) in [6, 6.07) is 1.91. The SMILES string of the molecule is CC(C)(C)[S+]([O-])N[C@H](C#C[Si](C)(C)C)c1cc(NC(=O)O)cc(C(F)(F)F)c1. The molecule has 0 saturated carbocycles. The molecule has 1 aromatic carbocycles. The van der Waals surface area contributed by atoms with Crippen LogP contribution in [0.1, 0.15) is 37.9 Å². The van der Waals surface area contributed by atoms with Crippen LogP contribution < -0.4 is 10.0 Å². The first-order valence-electron chi connectivity index (χ1n) is 8.42. The summed E-state index contributed by atoms with van der Waals surface area (Å²) < 4.78 is 54.5. The molecule has 0 aliphatic carbocycles. The van der Waals surface area contributed by atoms with Gasteiger partial charge in [0.2, 0.25) is 0 Å². The maximum atomic E-state index is 13.3. The molecule has 1 amide bonds. The van der Waals surface area contributed by atoms with Crippen molar-refractivity contribution in [2.45, 2.75) is 57.4 Å². The fourth-order valence-corrected chi connectivity index (χ4v) is 3.27. The number of benzene rings is 1. The monoisotopic (exact) mass is 434 g/mol. The fourth-order valence-electron chi connectivity index (χ4n) is 1.93. The van der Waals surface area contributed by atoms with Crippen LogP contribution in [0, 0.1) is 11.5 Å². The normalized spacial score (nSPS) is 14.6. The van der Waals surface area contributed by atoms with E-state index in [-0.39, 0.29) is 11.3 Å². The quantitative estimate of drug-likeness (QED) is 0.362. The third kappa shape index (κ3) is 8.14. The highest BCUT2D eigenvalue weighted by atomic mass is 32.2. The van der Waals surface area contributed by atoms with Crippen molar-refractivity contribution in [3.63, 3.8) is 0 Å². The summed E-state index contributed by atoms with van der Waals surface area (Å²) in [6.45, 7) is 11.1. The highest BCUT2D eigenvalue weighted by Gasteiger charge is 2.34. The number of anilines is 1. The summed E-state index contributed by atoms with van der Waals surface area (Å²) in [6.07, 6.45) is -6.16. The summed E-state index contributed by atoms with van der Waals surface area (Å²) in [5.74, 6) is 2.90. The predicted molar refractivity (Wildman–Crippen MR) is 108 cm³/mol. The lowest BCUT2D eigenvalue weighted by molar-refractivity contribution is -0.137. The Morgan fingerprint density at radius 2 is 1.79 bits per heavy atom. The van der Waals surface area contributed by atoms with Gasteiger partial charge < -0.3 is 9.66 Å². The molecule has 1 rings (SSSR count). The summed E-state index contributed by atoms with van der Waals surface area (Å²) in [7, 11) is -1.87. The Kier molecular flexibility index (Phi) is 7.64. The minimum absolute atomic E-state index is 0.0851. The third-order valence-corrected chi connectivity index (χ3v) is 5.70. The molecule has 5 nitrogen and oxygen atoms in total. The lowest BCUT2D eigenvalue weighted by Gasteiger charge is -2.27. The number of rotatable bonds is 4. The van der Waals surface area contributed by atoms with Crippen LogP contribution in [0.3, 0.4) is 0 Å². The second kappa shape index (κ2) is 8.78. The number of carbonyl (C=O) groups is 1. The number of alkyl halides is 3. The van der Waals surface area contributed by atoms with Gasteiger partial charge in [0.15, 0.2) is 0 Å². The molecular formula is C18H25F3N2O3SSi. The molecule has 0 saturated heterocycles. The number of nitrogens with one attached hydrogen (secondary N) is 2. The smallest absolute Gasteiger partial charge is 0.416 e. The maximum absolute atomic E-state index is 13.3. The maximum Gasteiger partial charge on any atom is 0.416 e. The highest BCUT2D eigenvalue weighted by Crippen LogP contribution is 2.34. The Balaban J connectivity index is 3.52. The Morgan fingerprint density at radius 1 is 1.21 bits per heavy atom. The van der Waals surface area contributed by atoms with Crippen LogP contribution in [0.5, 0.6) is 0 Å². The van der Waals surface area contributed by atoms with E-state index in [4.69, 9.17) is 5.11 Å². The van der Waals surface area contributed by atoms with Crippen molar-refractivity contribution in [3.8, 4) is 11.5 Å². The van der Waals surface area contributed by atoms with Gasteiger partial charge in [-0.3, -0.25) is 5.32 Å². The van der Waals surface area contributed by atoms with Crippen molar-refractivity contribution in [2.75, 3.05) is 5.32 Å². The van der Waals surface area contributed by atoms with Gasteiger partial charge >= 0.3 is 12.3 Å². The minimum Gasteiger partial charge on any atom is -0.598 e. The topological polar surface area (TPSA) is 84.4 Å². The van der Waals surface area contributed by atoms with Crippen LogP contribution in [0.15, 0.2) is 18.2 Å². The van der Waals surface area contributed by atoms with E-state index in [1.54, 1.807) is 20.8 Å². The summed E-state index contributed by atoms with van der Waals surface area (Å²) >= 11 is -1.60. The summed E-state index contributed by atoms with van der Waals surface area (Å²) in [4.78, 5) is 10.9. The Labute approximate surface area is 167 Å². The van der Waals surface area contributed by atoms with E-state index in [2.05, 4.69) is 16.2 Å². The van der Waals surface area contributed by atoms with Crippen molar-refractivity contribution in [3.05, 3.63) is 29.3 Å². The molecule has 0 bridgehead atoms. The third-order valence-electron chi connectivity index (χ3n) is 3.24. The largest absolute Gasteiger partial charge is 0.598 e. The van der Waals surface area contributed by atoms with Gasteiger partial charge in [-0.2, -0.15) is 13.2 Å². The molecule has 3 N–H and O–H groups in total. The van der Waals surface area contributed by atoms with Gasteiger partial charge in [0.05, 0.1) is 5.56 Å². The number of hydrogen-bond acceptors (Lipinski definition) is 3. The van der Waals surface area contributed by atoms with Crippen LogP contribution in [-0.4, -0.2) is 28.6 Å². The molecule has 2 atom stereocenters. The molecule has 156 valence electrons. The zero-order chi connectivity index (χ0) is 21.9. The molecule has 0 spiro atoms. The highest BCUT2D eigenvalue weighted by molar-refractivity contribution is 7.90. The van der Waals surface area contributed by atoms with Gasteiger partial charge in [0.25, 0.3) is 0 Å². The van der Waals surface area contributed by atoms with E-state index < -0.39 is 48.1 Å². The molecule has 0 aromatic heterocycles. The molecule has 0 aliphatic heterocycles. The van der Waals surface area contributed by atoms with E-state index in [9.17, 15) is 22.5 Å². The molecule has 0 heterocycles. The Morgan fingerprint density at radius 3 is 2.21 bits per heavy atom. The number of hydrogen-bond donors (Lipinski definition) is 3. The molecular weight excluding hydrogens is 409 g/mol. The van der Waals surface area contributed by atoms with E-state index in [0.29, 0.717) is 6.07 Å². The molecule has 0 radical (unpaired) electrons. The van der Waals surface area contributed by atoms with Gasteiger partial charge in [0, 0.05) is 17.0 Å². The molecule has 28 heavy (non-hydrogen) atoms. The molecule has 10 heteroatoms. The molecule has 0 fully saturated rings. The first kappa shape index (κ1) is 24.4. The van der Waals surface area contributed by atoms with Gasteiger partial charge in [-0.1, -0.05) is 25.6 Å². The predicted octanol–water partition coefficient (Wildman–Crippen LogP) is 4.77. The second-order valence-electron chi connectivity index (χ2n) is 8.22. The number of halogens is 3.